The van der Waals surface area contributed by atoms with E-state index in [1.54, 1.807) is 67.0 Å². The number of aliphatic hydroxyl groups is 2. The summed E-state index contributed by atoms with van der Waals surface area (Å²) in [6.45, 7) is -1.72. The minimum Gasteiger partial charge on any atom is -0.508 e. The van der Waals surface area contributed by atoms with Gasteiger partial charge < -0.3 is 68.8 Å². The number of nitrogens with one attached hydrogen (secondary N) is 7. The number of aliphatic carboxylic acids is 1. The molecule has 0 unspecified atom stereocenters. The maximum Gasteiger partial charge on any atom is 0.326 e. The molecule has 0 aliphatic heterocycles. The van der Waals surface area contributed by atoms with E-state index in [4.69, 9.17) is 11.5 Å². The van der Waals surface area contributed by atoms with E-state index >= 15 is 0 Å². The number of aliphatic hydroxyl groups excluding tert-OH is 2. The van der Waals surface area contributed by atoms with Gasteiger partial charge in [0.05, 0.1) is 13.2 Å². The number of aromatic hydroxyl groups is 1. The Balaban J connectivity index is 1.64. The highest BCUT2D eigenvalue weighted by Gasteiger charge is 2.34. The van der Waals surface area contributed by atoms with E-state index in [9.17, 15) is 58.8 Å². The molecular formula is C45H57N9O12S. The number of hydrogen-bond donors (Lipinski definition) is 13. The van der Waals surface area contributed by atoms with Gasteiger partial charge in [-0.3, -0.25) is 33.6 Å². The van der Waals surface area contributed by atoms with Crippen molar-refractivity contribution in [3.8, 4) is 5.75 Å². The summed E-state index contributed by atoms with van der Waals surface area (Å²) in [6.07, 6.45) is 2.23. The number of hydrogen-bond acceptors (Lipinski definition) is 13. The van der Waals surface area contributed by atoms with Crippen molar-refractivity contribution < 1.29 is 58.8 Å². The predicted molar refractivity (Wildman–Crippen MR) is 247 cm³/mol. The molecule has 0 radical (unpaired) electrons. The molecule has 360 valence electrons. The van der Waals surface area contributed by atoms with Crippen molar-refractivity contribution in [1.82, 2.24) is 36.9 Å². The molecule has 22 heteroatoms. The summed E-state index contributed by atoms with van der Waals surface area (Å²) in [5, 5.41) is 54.8. The Hall–Kier alpha value is -7.01. The van der Waals surface area contributed by atoms with Crippen LogP contribution in [0.5, 0.6) is 5.75 Å². The van der Waals surface area contributed by atoms with Crippen LogP contribution in [0.2, 0.25) is 0 Å². The maximum atomic E-state index is 14.5. The second-order valence-corrected chi connectivity index (χ2v) is 16.6. The van der Waals surface area contributed by atoms with Crippen molar-refractivity contribution in [2.24, 2.45) is 11.5 Å². The van der Waals surface area contributed by atoms with Crippen LogP contribution in [0.25, 0.3) is 10.9 Å². The monoisotopic (exact) mass is 947 g/mol. The molecule has 1 heterocycles. The normalized spacial score (nSPS) is 14.2. The minimum absolute atomic E-state index is 0.0251. The van der Waals surface area contributed by atoms with Gasteiger partial charge in [-0.25, -0.2) is 4.79 Å². The molecule has 0 saturated carbocycles. The maximum absolute atomic E-state index is 14.5. The lowest BCUT2D eigenvalue weighted by Crippen LogP contribution is -2.60. The van der Waals surface area contributed by atoms with Crippen LogP contribution in [0.15, 0.2) is 85.1 Å². The van der Waals surface area contributed by atoms with E-state index < -0.39 is 109 Å². The lowest BCUT2D eigenvalue weighted by atomic mass is 10.0. The number of nitrogens with two attached hydrogens (primary N) is 2. The van der Waals surface area contributed by atoms with Crippen molar-refractivity contribution >= 4 is 70.0 Å². The average Bonchev–Trinajstić information content (AvgIpc) is 3.72. The Morgan fingerprint density at radius 2 is 1.09 bits per heavy atom. The summed E-state index contributed by atoms with van der Waals surface area (Å²) in [5.74, 6) is -7.45. The zero-order chi connectivity index (χ0) is 49.0. The number of para-hydroxylation sites is 1. The molecule has 1 aromatic heterocycles. The Morgan fingerprint density at radius 3 is 1.67 bits per heavy atom. The number of aromatic nitrogens is 1. The highest BCUT2D eigenvalue weighted by atomic mass is 32.2. The first kappa shape index (κ1) is 52.6. The molecule has 21 nitrogen and oxygen atoms in total. The number of carboxylic acids is 1. The number of amides is 7. The van der Waals surface area contributed by atoms with Gasteiger partial charge in [0, 0.05) is 42.8 Å². The summed E-state index contributed by atoms with van der Waals surface area (Å²) in [4.78, 5) is 110. The van der Waals surface area contributed by atoms with Crippen molar-refractivity contribution in [2.75, 3.05) is 25.2 Å². The van der Waals surface area contributed by atoms with Crippen molar-refractivity contribution in [2.45, 2.75) is 80.8 Å². The molecule has 0 bridgehead atoms. The van der Waals surface area contributed by atoms with Crippen molar-refractivity contribution in [3.05, 3.63) is 102 Å². The second-order valence-electron chi connectivity index (χ2n) is 15.6. The van der Waals surface area contributed by atoms with Gasteiger partial charge in [-0.2, -0.15) is 11.8 Å². The fraction of sp³-hybridized carbons (Fsp3) is 0.378. The molecule has 0 aliphatic rings. The lowest BCUT2D eigenvalue weighted by molar-refractivity contribution is -0.142. The summed E-state index contributed by atoms with van der Waals surface area (Å²) in [7, 11) is 0. The summed E-state index contributed by atoms with van der Waals surface area (Å²) in [5.41, 5.74) is 13.3. The van der Waals surface area contributed by atoms with Crippen LogP contribution in [0.4, 0.5) is 0 Å². The zero-order valence-electron chi connectivity index (χ0n) is 36.6. The topological polar surface area (TPSA) is 357 Å². The zero-order valence-corrected chi connectivity index (χ0v) is 37.4. The molecule has 4 aromatic rings. The Kier molecular flexibility index (Phi) is 20.6. The van der Waals surface area contributed by atoms with Crippen LogP contribution in [0.1, 0.15) is 36.0 Å². The number of aromatic amines is 1. The number of phenolic OH excluding ortho intramolecular Hbond substituents is 1. The highest BCUT2D eigenvalue weighted by Crippen LogP contribution is 2.20. The number of benzene rings is 3. The van der Waals surface area contributed by atoms with Crippen LogP contribution in [0, 0.1) is 0 Å². The fourth-order valence-electron chi connectivity index (χ4n) is 6.83. The minimum atomic E-state index is -1.64. The van der Waals surface area contributed by atoms with Gasteiger partial charge in [0.1, 0.15) is 48.0 Å². The van der Waals surface area contributed by atoms with Gasteiger partial charge in [-0.15, -0.1) is 0 Å². The van der Waals surface area contributed by atoms with Gasteiger partial charge >= 0.3 is 5.97 Å². The SMILES string of the molecule is CSCC[C@H](NC(=O)[C@H](Cc1c[nH]c2ccccc12)NC(=O)[C@H](CCC(N)=O)NC(=O)[C@H](CO)NC(=O)[C@@H](N)CO)C(=O)N[C@@H](Cc1ccc(O)cc1)C(=O)N[C@@H](Cc1ccccc1)C(=O)O. The van der Waals surface area contributed by atoms with E-state index in [1.165, 1.54) is 36.0 Å². The van der Waals surface area contributed by atoms with Gasteiger partial charge in [-0.05, 0) is 59.7 Å². The number of rotatable bonds is 27. The molecule has 7 amide bonds. The third-order valence-electron chi connectivity index (χ3n) is 10.5. The lowest BCUT2D eigenvalue weighted by Gasteiger charge is -2.27. The number of fused-ring (bicyclic) bond motifs is 1. The number of carbonyl (C=O) groups excluding carboxylic acids is 7. The molecule has 3 aromatic carbocycles. The molecule has 0 saturated heterocycles. The van der Waals surface area contributed by atoms with Crippen LogP contribution >= 0.6 is 11.8 Å². The number of primary amides is 1. The summed E-state index contributed by atoms with van der Waals surface area (Å²) < 4.78 is 0. The Labute approximate surface area is 389 Å². The Bertz CT molecular complexity index is 2330. The van der Waals surface area contributed by atoms with Gasteiger partial charge in [0.2, 0.25) is 41.4 Å². The smallest absolute Gasteiger partial charge is 0.326 e. The van der Waals surface area contributed by atoms with E-state index in [-0.39, 0.29) is 37.9 Å². The first-order valence-electron chi connectivity index (χ1n) is 21.2. The number of phenols is 1. The van der Waals surface area contributed by atoms with E-state index in [0.717, 1.165) is 0 Å². The van der Waals surface area contributed by atoms with E-state index in [2.05, 4.69) is 36.9 Å². The fourth-order valence-corrected chi connectivity index (χ4v) is 7.31. The molecule has 7 atom stereocenters. The highest BCUT2D eigenvalue weighted by molar-refractivity contribution is 7.98. The van der Waals surface area contributed by atoms with Crippen LogP contribution < -0.4 is 43.4 Å². The average molecular weight is 948 g/mol. The van der Waals surface area contributed by atoms with Gasteiger partial charge in [0.15, 0.2) is 0 Å². The standard InChI is InChI=1S/C45H57N9O12S/c1-67-18-17-33(41(61)51-34(19-26-11-13-28(57)14-12-26)42(62)53-36(45(65)66)20-25-7-3-2-4-8-25)50-43(63)35(21-27-22-48-31-10-6-5-9-29(27)31)52-40(60)32(15-16-38(47)58)49-44(64)37(24-56)54-39(59)30(46)23-55/h2-14,22,30,32-37,48,55-57H,15-21,23-24,46H2,1H3,(H2,47,58)(H,49,64)(H,50,63)(H,51,61)(H,52,60)(H,53,62)(H,54,59)(H,65,66)/t30-,32-,33-,34-,35-,36-,37-/m0/s1. The number of carboxylic acid groups (broad SMARTS) is 1. The first-order chi connectivity index (χ1) is 32.0. The third-order valence-corrected chi connectivity index (χ3v) is 11.2. The number of H-pyrrole nitrogens is 1. The molecule has 15 N–H and O–H groups in total. The largest absolute Gasteiger partial charge is 0.508 e. The first-order valence-corrected chi connectivity index (χ1v) is 22.6. The second kappa shape index (κ2) is 26.2. The number of thioether (sulfide) groups is 1. The molecule has 0 aliphatic carbocycles. The quantitative estimate of drug-likeness (QED) is 0.0315. The van der Waals surface area contributed by atoms with Gasteiger partial charge in [-0.1, -0.05) is 60.7 Å². The van der Waals surface area contributed by atoms with Crippen LogP contribution in [-0.4, -0.2) is 140 Å². The van der Waals surface area contributed by atoms with Crippen molar-refractivity contribution in [1.29, 1.82) is 0 Å². The summed E-state index contributed by atoms with van der Waals surface area (Å²) >= 11 is 1.35. The third kappa shape index (κ3) is 16.4. The molecule has 0 spiro atoms. The van der Waals surface area contributed by atoms with E-state index in [0.29, 0.717) is 33.3 Å². The number of carbonyl (C=O) groups is 8. The molecular weight excluding hydrogens is 891 g/mol. The predicted octanol–water partition coefficient (Wildman–Crippen LogP) is -1.77. The van der Waals surface area contributed by atoms with E-state index in [1.807, 2.05) is 0 Å². The molecule has 4 rings (SSSR count). The van der Waals surface area contributed by atoms with Crippen molar-refractivity contribution in [3.63, 3.8) is 0 Å². The molecule has 0 fully saturated rings. The Morgan fingerprint density at radius 1 is 0.597 bits per heavy atom. The van der Waals surface area contributed by atoms with Crippen LogP contribution in [-0.2, 0) is 57.6 Å². The summed E-state index contributed by atoms with van der Waals surface area (Å²) in [6, 6.07) is 11.3. The van der Waals surface area contributed by atoms with Crippen LogP contribution in [0.3, 0.4) is 0 Å². The van der Waals surface area contributed by atoms with Gasteiger partial charge in [0.25, 0.3) is 0 Å². The molecule has 67 heavy (non-hydrogen) atoms.